The number of nitrogens with one attached hydrogen (secondary N) is 2. The van der Waals surface area contributed by atoms with Gasteiger partial charge in [-0.15, -0.1) is 0 Å². The van der Waals surface area contributed by atoms with E-state index in [4.69, 9.17) is 14.2 Å². The molecule has 1 aromatic rings. The van der Waals surface area contributed by atoms with Gasteiger partial charge < -0.3 is 29.5 Å². The smallest absolute Gasteiger partial charge is 0.209 e. The summed E-state index contributed by atoms with van der Waals surface area (Å²) in [7, 11) is 1.51. The molecule has 0 bridgehead atoms. The second-order valence-electron chi connectivity index (χ2n) is 10.8. The summed E-state index contributed by atoms with van der Waals surface area (Å²) in [5.41, 5.74) is 0.722. The summed E-state index contributed by atoms with van der Waals surface area (Å²) < 4.78 is 17.8. The number of aliphatic hydroxyl groups is 1. The van der Waals surface area contributed by atoms with Crippen molar-refractivity contribution >= 4 is 12.2 Å². The number of carbonyl (C=O) groups excluding carboxylic acids is 1. The first-order chi connectivity index (χ1) is 17.1. The monoisotopic (exact) mass is 497 g/mol. The lowest BCUT2D eigenvalue weighted by molar-refractivity contribution is -0.267. The topological polar surface area (TPSA) is 128 Å². The molecule has 4 rings (SSSR count). The molecule has 2 heterocycles. The van der Waals surface area contributed by atoms with Gasteiger partial charge in [-0.2, -0.15) is 10.4 Å². The number of morpholine rings is 1. The van der Waals surface area contributed by atoms with Crippen LogP contribution in [0.5, 0.6) is 11.5 Å². The minimum absolute atomic E-state index is 0.0645. The van der Waals surface area contributed by atoms with Gasteiger partial charge in [0.2, 0.25) is 6.41 Å². The number of methoxy groups -OCH3 is 1. The maximum Gasteiger partial charge on any atom is 0.209 e. The Morgan fingerprint density at radius 3 is 2.67 bits per heavy atom. The Bertz CT molecular complexity index is 1090. The third kappa shape index (κ3) is 3.87. The average molecular weight is 498 g/mol. The summed E-state index contributed by atoms with van der Waals surface area (Å²) in [4.78, 5) is 14.0. The molecule has 1 saturated heterocycles. The van der Waals surface area contributed by atoms with Crippen molar-refractivity contribution in [3.63, 3.8) is 0 Å². The average Bonchev–Trinajstić information content (AvgIpc) is 2.86. The zero-order chi connectivity index (χ0) is 26.2. The number of hydrazone groups is 1. The Kier molecular flexibility index (Phi) is 6.66. The number of benzene rings is 1. The predicted octanol–water partition coefficient (Wildman–Crippen LogP) is 1.75. The fourth-order valence-electron chi connectivity index (χ4n) is 6.70. The Morgan fingerprint density at radius 2 is 2.11 bits per heavy atom. The summed E-state index contributed by atoms with van der Waals surface area (Å²) >= 11 is 0. The van der Waals surface area contributed by atoms with Crippen LogP contribution in [0.2, 0.25) is 0 Å². The lowest BCUT2D eigenvalue weighted by Gasteiger charge is -2.71. The van der Waals surface area contributed by atoms with Gasteiger partial charge in [0, 0.05) is 30.0 Å². The van der Waals surface area contributed by atoms with E-state index in [0.717, 1.165) is 6.42 Å². The molecule has 10 heteroatoms. The van der Waals surface area contributed by atoms with Crippen molar-refractivity contribution in [2.45, 2.75) is 51.5 Å². The zero-order valence-electron chi connectivity index (χ0n) is 21.5. The summed E-state index contributed by atoms with van der Waals surface area (Å²) in [6.07, 6.45) is 4.99. The van der Waals surface area contributed by atoms with Gasteiger partial charge in [0.05, 0.1) is 32.0 Å². The van der Waals surface area contributed by atoms with Gasteiger partial charge in [-0.1, -0.05) is 27.7 Å². The van der Waals surface area contributed by atoms with E-state index in [9.17, 15) is 15.2 Å². The minimum Gasteiger partial charge on any atom is -0.495 e. The van der Waals surface area contributed by atoms with Gasteiger partial charge >= 0.3 is 0 Å². The van der Waals surface area contributed by atoms with Gasteiger partial charge in [0.1, 0.15) is 23.4 Å². The first-order valence-electron chi connectivity index (χ1n) is 12.1. The van der Waals surface area contributed by atoms with Crippen LogP contribution in [-0.2, 0) is 9.53 Å². The first-order valence-corrected chi connectivity index (χ1v) is 12.1. The lowest BCUT2D eigenvalue weighted by atomic mass is 9.40. The fraction of sp³-hybridized carbons (Fsp3) is 0.577. The molecule has 1 aromatic carbocycles. The number of nitrogens with zero attached hydrogens (tertiary/aromatic N) is 3. The molecule has 0 unspecified atom stereocenters. The zero-order valence-corrected chi connectivity index (χ0v) is 21.5. The number of ether oxygens (including phenoxy) is 3. The van der Waals surface area contributed by atoms with Crippen LogP contribution in [0.1, 0.15) is 39.7 Å². The SMILES string of the molecule is COc1cc(OC2([C@]3(NC=O)C=CC(N4CCO[C@H](CO)C4)=NN3)C(C)(C)CC2(C)C)ccc1C#N. The van der Waals surface area contributed by atoms with Crippen LogP contribution < -0.4 is 20.2 Å². The molecule has 0 radical (unpaired) electrons. The number of rotatable bonds is 7. The van der Waals surface area contributed by atoms with Gasteiger partial charge in [-0.3, -0.25) is 10.2 Å². The summed E-state index contributed by atoms with van der Waals surface area (Å²) in [6.45, 7) is 10.0. The Balaban J connectivity index is 1.75. The standard InChI is InChI=1S/C26H35N5O5/c1-23(2)16-24(3,4)26(23,36-19-7-6-18(13-27)21(12-19)34-5)25(28-17-33)9-8-22(29-30-25)31-10-11-35-20(14-31)15-32/h6-9,12,17,20,30,32H,10-11,14-16H2,1-5H3,(H,28,33)/t20-,25-/m0/s1. The lowest BCUT2D eigenvalue weighted by Crippen LogP contribution is -2.86. The highest BCUT2D eigenvalue weighted by Gasteiger charge is 2.76. The van der Waals surface area contributed by atoms with Gasteiger partial charge in [0.15, 0.2) is 11.3 Å². The maximum atomic E-state index is 12.0. The molecule has 0 spiro atoms. The largest absolute Gasteiger partial charge is 0.495 e. The molecular weight excluding hydrogens is 462 g/mol. The van der Waals surface area contributed by atoms with Crippen LogP contribution >= 0.6 is 0 Å². The molecule has 194 valence electrons. The van der Waals surface area contributed by atoms with Crippen LogP contribution in [0.4, 0.5) is 0 Å². The van der Waals surface area contributed by atoms with Crippen molar-refractivity contribution in [1.82, 2.24) is 15.6 Å². The second-order valence-corrected chi connectivity index (χ2v) is 10.8. The van der Waals surface area contributed by atoms with Gasteiger partial charge in [-0.25, -0.2) is 0 Å². The van der Waals surface area contributed by atoms with Crippen molar-refractivity contribution in [3.05, 3.63) is 35.9 Å². The van der Waals surface area contributed by atoms with E-state index in [-0.39, 0.29) is 23.5 Å². The summed E-state index contributed by atoms with van der Waals surface area (Å²) in [5, 5.41) is 26.6. The van der Waals surface area contributed by atoms with Crippen LogP contribution in [0, 0.1) is 22.2 Å². The Hall–Kier alpha value is -3.29. The third-order valence-corrected chi connectivity index (χ3v) is 7.69. The van der Waals surface area contributed by atoms with Gasteiger partial charge in [0.25, 0.3) is 0 Å². The van der Waals surface area contributed by atoms with Crippen LogP contribution in [0.3, 0.4) is 0 Å². The number of amidine groups is 1. The second kappa shape index (κ2) is 9.30. The minimum atomic E-state index is -1.17. The molecule has 2 atom stereocenters. The van der Waals surface area contributed by atoms with E-state index in [2.05, 4.69) is 49.6 Å². The summed E-state index contributed by atoms with van der Waals surface area (Å²) in [5.74, 6) is 1.61. The molecular formula is C26H35N5O5. The molecule has 1 amide bonds. The normalized spacial score (nSPS) is 27.5. The Labute approximate surface area is 211 Å². The quantitative estimate of drug-likeness (QED) is 0.486. The fourth-order valence-corrected chi connectivity index (χ4v) is 6.70. The number of nitriles is 1. The number of hydrogen-bond acceptors (Lipinski definition) is 9. The highest BCUT2D eigenvalue weighted by atomic mass is 16.5. The van der Waals surface area contributed by atoms with Crippen molar-refractivity contribution in [2.24, 2.45) is 15.9 Å². The van der Waals surface area contributed by atoms with Gasteiger partial charge in [-0.05, 0) is 30.7 Å². The van der Waals surface area contributed by atoms with Crippen molar-refractivity contribution in [1.29, 1.82) is 5.26 Å². The van der Waals surface area contributed by atoms with E-state index in [0.29, 0.717) is 49.0 Å². The number of hydrogen-bond donors (Lipinski definition) is 3. The predicted molar refractivity (Wildman–Crippen MR) is 133 cm³/mol. The number of carbonyl (C=O) groups is 1. The maximum absolute atomic E-state index is 12.0. The van der Waals surface area contributed by atoms with Crippen molar-refractivity contribution < 1.29 is 24.1 Å². The molecule has 2 aliphatic heterocycles. The molecule has 3 N–H and O–H groups in total. The molecule has 1 saturated carbocycles. The van der Waals surface area contributed by atoms with E-state index in [1.165, 1.54) is 7.11 Å². The van der Waals surface area contributed by atoms with Crippen LogP contribution in [0.25, 0.3) is 0 Å². The highest BCUT2D eigenvalue weighted by Crippen LogP contribution is 2.67. The van der Waals surface area contributed by atoms with Crippen LogP contribution in [0.15, 0.2) is 35.5 Å². The van der Waals surface area contributed by atoms with E-state index < -0.39 is 11.3 Å². The number of aliphatic hydroxyl groups excluding tert-OH is 1. The Morgan fingerprint density at radius 1 is 1.36 bits per heavy atom. The van der Waals surface area contributed by atoms with E-state index >= 15 is 0 Å². The number of amides is 1. The summed E-state index contributed by atoms with van der Waals surface area (Å²) in [6, 6.07) is 7.22. The molecule has 1 aliphatic carbocycles. The van der Waals surface area contributed by atoms with Crippen LogP contribution in [-0.4, -0.2) is 73.0 Å². The van der Waals surface area contributed by atoms with E-state index in [1.54, 1.807) is 18.2 Å². The first kappa shape index (κ1) is 25.8. The van der Waals surface area contributed by atoms with E-state index in [1.807, 2.05) is 17.1 Å². The molecule has 3 aliphatic rings. The highest BCUT2D eigenvalue weighted by molar-refractivity contribution is 5.94. The molecule has 36 heavy (non-hydrogen) atoms. The third-order valence-electron chi connectivity index (χ3n) is 7.69. The molecule has 2 fully saturated rings. The molecule has 10 nitrogen and oxygen atoms in total. The molecule has 0 aromatic heterocycles. The van der Waals surface area contributed by atoms with Crippen molar-refractivity contribution in [2.75, 3.05) is 33.4 Å². The van der Waals surface area contributed by atoms with Crippen molar-refractivity contribution in [3.8, 4) is 17.6 Å².